The highest BCUT2D eigenvalue weighted by Crippen LogP contribution is 2.52. The van der Waals surface area contributed by atoms with Gasteiger partial charge >= 0.3 is 6.09 Å². The molecule has 35 heavy (non-hydrogen) atoms. The molecule has 0 bridgehead atoms. The van der Waals surface area contributed by atoms with Crippen molar-refractivity contribution >= 4 is 47.0 Å². The summed E-state index contributed by atoms with van der Waals surface area (Å²) in [6, 6.07) is 13.1. The lowest BCUT2D eigenvalue weighted by Crippen LogP contribution is -2.47. The summed E-state index contributed by atoms with van der Waals surface area (Å²) in [5.41, 5.74) is 1.92. The maximum absolute atomic E-state index is 13.1. The first-order valence-electron chi connectivity index (χ1n) is 11.3. The van der Waals surface area contributed by atoms with E-state index in [1.54, 1.807) is 29.9 Å². The van der Waals surface area contributed by atoms with E-state index in [1.165, 1.54) is 17.3 Å². The van der Waals surface area contributed by atoms with Crippen LogP contribution in [-0.4, -0.2) is 33.8 Å². The molecule has 0 radical (unpaired) electrons. The van der Waals surface area contributed by atoms with Crippen molar-refractivity contribution in [2.24, 2.45) is 12.5 Å². The third-order valence-electron chi connectivity index (χ3n) is 7.08. The SMILES string of the molecule is Cn1c(N2CCC3(CC2)Cc2ccccc2C3NC(=O)O)ncc(Sc2cccc(Cl)c2Cl)c1=O. The Bertz CT molecular complexity index is 1350. The molecule has 182 valence electrons. The van der Waals surface area contributed by atoms with Gasteiger partial charge in [0.2, 0.25) is 5.95 Å². The fraction of sp³-hybridized carbons (Fsp3) is 0.320. The van der Waals surface area contributed by atoms with Gasteiger partial charge in [0.1, 0.15) is 0 Å². The van der Waals surface area contributed by atoms with Crippen LogP contribution < -0.4 is 15.8 Å². The molecule has 2 aliphatic rings. The van der Waals surface area contributed by atoms with Crippen LogP contribution in [0.2, 0.25) is 10.0 Å². The van der Waals surface area contributed by atoms with E-state index < -0.39 is 6.09 Å². The summed E-state index contributed by atoms with van der Waals surface area (Å²) in [6.07, 6.45) is 2.99. The molecular formula is C25H24Cl2N4O3S. The molecule has 7 nitrogen and oxygen atoms in total. The monoisotopic (exact) mass is 530 g/mol. The van der Waals surface area contributed by atoms with Crippen LogP contribution in [0.5, 0.6) is 0 Å². The zero-order valence-electron chi connectivity index (χ0n) is 19.0. The van der Waals surface area contributed by atoms with Gasteiger partial charge in [0.05, 0.1) is 27.2 Å². The Balaban J connectivity index is 1.36. The summed E-state index contributed by atoms with van der Waals surface area (Å²) in [4.78, 5) is 32.6. The first kappa shape index (κ1) is 24.0. The number of hydrogen-bond acceptors (Lipinski definition) is 5. The fourth-order valence-corrected chi connectivity index (χ4v) is 6.70. The number of carboxylic acid groups (broad SMARTS) is 1. The lowest BCUT2D eigenvalue weighted by molar-refractivity contribution is 0.141. The molecule has 2 N–H and O–H groups in total. The summed E-state index contributed by atoms with van der Waals surface area (Å²) in [7, 11) is 1.72. The maximum Gasteiger partial charge on any atom is 0.405 e. The van der Waals surface area contributed by atoms with E-state index in [9.17, 15) is 14.7 Å². The zero-order valence-corrected chi connectivity index (χ0v) is 21.3. The number of hydrogen-bond donors (Lipinski definition) is 2. The average molecular weight is 531 g/mol. The molecule has 1 spiro atoms. The zero-order chi connectivity index (χ0) is 24.7. The molecule has 2 heterocycles. The smallest absolute Gasteiger partial charge is 0.405 e. The molecule has 1 amide bonds. The Morgan fingerprint density at radius 2 is 1.89 bits per heavy atom. The van der Waals surface area contributed by atoms with Crippen molar-refractivity contribution in [3.63, 3.8) is 0 Å². The number of nitrogens with one attached hydrogen (secondary N) is 1. The van der Waals surface area contributed by atoms with Gasteiger partial charge < -0.3 is 15.3 Å². The van der Waals surface area contributed by atoms with Crippen LogP contribution >= 0.6 is 35.0 Å². The van der Waals surface area contributed by atoms with Crippen LogP contribution in [0.4, 0.5) is 10.7 Å². The second kappa shape index (κ2) is 9.41. The number of rotatable bonds is 4. The third-order valence-corrected chi connectivity index (χ3v) is 9.07. The summed E-state index contributed by atoms with van der Waals surface area (Å²) in [5, 5.41) is 13.1. The number of piperidine rings is 1. The molecule has 5 rings (SSSR count). The van der Waals surface area contributed by atoms with Crippen LogP contribution in [0, 0.1) is 5.41 Å². The number of halogens is 2. The molecule has 3 aromatic rings. The molecule has 1 saturated heterocycles. The highest BCUT2D eigenvalue weighted by molar-refractivity contribution is 7.99. The van der Waals surface area contributed by atoms with Gasteiger partial charge in [-0.2, -0.15) is 0 Å². The second-order valence-electron chi connectivity index (χ2n) is 9.05. The van der Waals surface area contributed by atoms with Crippen LogP contribution in [0.15, 0.2) is 63.2 Å². The highest BCUT2D eigenvalue weighted by Gasteiger charge is 2.48. The topological polar surface area (TPSA) is 87.5 Å². The Labute approximate surface area is 217 Å². The van der Waals surface area contributed by atoms with Crippen molar-refractivity contribution in [3.05, 3.63) is 80.2 Å². The van der Waals surface area contributed by atoms with E-state index >= 15 is 0 Å². The van der Waals surface area contributed by atoms with Crippen LogP contribution in [0.3, 0.4) is 0 Å². The summed E-state index contributed by atoms with van der Waals surface area (Å²) < 4.78 is 1.56. The number of benzene rings is 2. The number of anilines is 1. The van der Waals surface area contributed by atoms with Gasteiger partial charge in [-0.05, 0) is 42.5 Å². The minimum atomic E-state index is -1.01. The normalized spacial score (nSPS) is 18.5. The van der Waals surface area contributed by atoms with Crippen molar-refractivity contribution in [1.82, 2.24) is 14.9 Å². The van der Waals surface area contributed by atoms with Gasteiger partial charge in [0.15, 0.2) is 0 Å². The minimum Gasteiger partial charge on any atom is -0.465 e. The molecule has 1 aliphatic heterocycles. The van der Waals surface area contributed by atoms with E-state index in [1.807, 2.05) is 24.3 Å². The van der Waals surface area contributed by atoms with Gasteiger partial charge in [-0.15, -0.1) is 0 Å². The van der Waals surface area contributed by atoms with E-state index in [2.05, 4.69) is 21.3 Å². The molecule has 1 fully saturated rings. The van der Waals surface area contributed by atoms with E-state index in [-0.39, 0.29) is 17.0 Å². The van der Waals surface area contributed by atoms with Gasteiger partial charge in [-0.25, -0.2) is 9.78 Å². The largest absolute Gasteiger partial charge is 0.465 e. The molecule has 1 atom stereocenters. The number of fused-ring (bicyclic) bond motifs is 1. The Morgan fingerprint density at radius 3 is 2.63 bits per heavy atom. The summed E-state index contributed by atoms with van der Waals surface area (Å²) in [6.45, 7) is 1.36. The molecule has 1 aromatic heterocycles. The van der Waals surface area contributed by atoms with Gasteiger partial charge in [0.25, 0.3) is 5.56 Å². The third kappa shape index (κ3) is 4.39. The summed E-state index contributed by atoms with van der Waals surface area (Å²) in [5.74, 6) is 0.602. The first-order chi connectivity index (χ1) is 16.8. The van der Waals surface area contributed by atoms with Crippen molar-refractivity contribution in [3.8, 4) is 0 Å². The maximum atomic E-state index is 13.1. The van der Waals surface area contributed by atoms with Crippen molar-refractivity contribution in [2.75, 3.05) is 18.0 Å². The molecule has 1 aliphatic carbocycles. The summed E-state index contributed by atoms with van der Waals surface area (Å²) >= 11 is 13.6. The minimum absolute atomic E-state index is 0.157. The van der Waals surface area contributed by atoms with Gasteiger partial charge in [-0.3, -0.25) is 9.36 Å². The quantitative estimate of drug-likeness (QED) is 0.470. The predicted octanol–water partition coefficient (Wildman–Crippen LogP) is 5.39. The first-order valence-corrected chi connectivity index (χ1v) is 12.9. The average Bonchev–Trinajstić information content (AvgIpc) is 3.13. The Kier molecular flexibility index (Phi) is 6.46. The van der Waals surface area contributed by atoms with Gasteiger partial charge in [0, 0.05) is 30.4 Å². The lowest BCUT2D eigenvalue weighted by atomic mass is 9.73. The molecular weight excluding hydrogens is 507 g/mol. The molecule has 0 saturated carbocycles. The number of nitrogens with zero attached hydrogens (tertiary/aromatic N) is 3. The number of carbonyl (C=O) groups is 1. The van der Waals surface area contributed by atoms with Crippen LogP contribution in [0.1, 0.15) is 30.0 Å². The Hall–Kier alpha value is -2.68. The fourth-order valence-electron chi connectivity index (χ4n) is 5.32. The lowest BCUT2D eigenvalue weighted by Gasteiger charge is -2.43. The van der Waals surface area contributed by atoms with Crippen molar-refractivity contribution < 1.29 is 9.90 Å². The second-order valence-corrected chi connectivity index (χ2v) is 10.9. The van der Waals surface area contributed by atoms with Crippen molar-refractivity contribution in [1.29, 1.82) is 0 Å². The van der Waals surface area contributed by atoms with Crippen molar-refractivity contribution in [2.45, 2.75) is 35.1 Å². The molecule has 10 heteroatoms. The van der Waals surface area contributed by atoms with Crippen LogP contribution in [0.25, 0.3) is 0 Å². The molecule has 1 unspecified atom stereocenters. The van der Waals surface area contributed by atoms with Crippen LogP contribution in [-0.2, 0) is 13.5 Å². The number of aromatic nitrogens is 2. The van der Waals surface area contributed by atoms with Gasteiger partial charge in [-0.1, -0.05) is 65.3 Å². The standard InChI is InChI=1S/C25H24Cl2N4O3S/c1-30-22(32)19(35-18-8-4-7-17(26)20(18)27)14-28-23(30)31-11-9-25(10-12-31)13-15-5-2-3-6-16(15)21(25)29-24(33)34/h2-8,14,21,29H,9-13H2,1H3,(H,33,34). The molecule has 2 aromatic carbocycles. The Morgan fingerprint density at radius 1 is 1.14 bits per heavy atom. The number of amides is 1. The van der Waals surface area contributed by atoms with E-state index in [0.717, 1.165) is 24.8 Å². The highest BCUT2D eigenvalue weighted by atomic mass is 35.5. The predicted molar refractivity (Wildman–Crippen MR) is 138 cm³/mol. The van der Waals surface area contributed by atoms with E-state index in [0.29, 0.717) is 38.9 Å². The van der Waals surface area contributed by atoms with E-state index in [4.69, 9.17) is 23.2 Å².